The van der Waals surface area contributed by atoms with E-state index in [1.165, 1.54) is 6.92 Å². The number of alkyl halides is 2. The molecule has 0 aliphatic heterocycles. The normalized spacial score (nSPS) is 13.7. The van der Waals surface area contributed by atoms with Crippen LogP contribution in [0.1, 0.15) is 11.7 Å². The molecule has 0 radical (unpaired) electrons. The molecule has 2 atom stereocenters. The van der Waals surface area contributed by atoms with Crippen LogP contribution in [-0.2, 0) is 4.74 Å². The second-order valence-electron chi connectivity index (χ2n) is 4.80. The van der Waals surface area contributed by atoms with Crippen molar-refractivity contribution in [1.82, 2.24) is 9.55 Å². The minimum Gasteiger partial charge on any atom is -0.416 e. The Kier molecular flexibility index (Phi) is 6.44. The van der Waals surface area contributed by atoms with E-state index >= 15 is 0 Å². The highest BCUT2D eigenvalue weighted by atomic mass is 19.3. The number of halogens is 2. The first-order valence-corrected chi connectivity index (χ1v) is 6.64. The summed E-state index contributed by atoms with van der Waals surface area (Å²) in [6.07, 6.45) is -5.71. The molecule has 1 rings (SSSR count). The summed E-state index contributed by atoms with van der Waals surface area (Å²) in [7, 11) is 0. The van der Waals surface area contributed by atoms with Crippen molar-refractivity contribution in [2.24, 2.45) is 0 Å². The van der Waals surface area contributed by atoms with Gasteiger partial charge in [0, 0.05) is 6.20 Å². The summed E-state index contributed by atoms with van der Waals surface area (Å²) in [5, 5.41) is 28.8. The van der Waals surface area contributed by atoms with Crippen LogP contribution in [0.25, 0.3) is 0 Å². The van der Waals surface area contributed by atoms with Crippen molar-refractivity contribution in [3.8, 4) is 0 Å². The van der Waals surface area contributed by atoms with E-state index in [1.807, 2.05) is 5.32 Å². The van der Waals surface area contributed by atoms with Gasteiger partial charge in [0.25, 0.3) is 0 Å². The SMILES string of the molecule is C=C(C)OC(=O)Nc1ccn(C(=O)C(F)(F)[C@H](O)[C@H](O)CO)c(=O)n1. The maximum Gasteiger partial charge on any atom is 0.417 e. The Morgan fingerprint density at radius 1 is 1.48 bits per heavy atom. The topological polar surface area (TPSA) is 151 Å². The quantitative estimate of drug-likeness (QED) is 0.485. The standard InChI is InChI=1S/C13H15F2N3O7/c1-6(2)25-12(24)17-8-3-4-18(11(23)16-8)10(22)13(14,15)9(21)7(20)5-19/h3-4,7,9,19-21H,1,5H2,2H3,(H,16,17,23,24)/t7-,9-/m1/s1. The minimum atomic E-state index is -4.58. The number of allylic oxidation sites excluding steroid dienone is 1. The fraction of sp³-hybridized carbons (Fsp3) is 0.385. The number of carbonyl (C=O) groups excluding carboxylic acids is 2. The molecule has 4 N–H and O–H groups in total. The summed E-state index contributed by atoms with van der Waals surface area (Å²) in [4.78, 5) is 37.9. The van der Waals surface area contributed by atoms with Crippen molar-refractivity contribution >= 4 is 17.8 Å². The lowest BCUT2D eigenvalue weighted by molar-refractivity contribution is -0.136. The first-order valence-electron chi connectivity index (χ1n) is 6.64. The van der Waals surface area contributed by atoms with E-state index in [4.69, 9.17) is 10.2 Å². The average molecular weight is 363 g/mol. The average Bonchev–Trinajstić information content (AvgIpc) is 2.51. The predicted molar refractivity (Wildman–Crippen MR) is 78.1 cm³/mol. The molecular formula is C13H15F2N3O7. The minimum absolute atomic E-state index is 0.0390. The molecular weight excluding hydrogens is 348 g/mol. The van der Waals surface area contributed by atoms with Crippen LogP contribution in [0.2, 0.25) is 0 Å². The molecule has 0 aliphatic carbocycles. The van der Waals surface area contributed by atoms with E-state index in [2.05, 4.69) is 16.3 Å². The Morgan fingerprint density at radius 3 is 2.56 bits per heavy atom. The van der Waals surface area contributed by atoms with Crippen LogP contribution < -0.4 is 11.0 Å². The number of aromatic nitrogens is 2. The molecule has 0 fully saturated rings. The fourth-order valence-corrected chi connectivity index (χ4v) is 1.54. The van der Waals surface area contributed by atoms with Gasteiger partial charge in [0.15, 0.2) is 6.10 Å². The molecule has 0 spiro atoms. The number of aliphatic hydroxyl groups is 3. The van der Waals surface area contributed by atoms with E-state index < -0.39 is 42.4 Å². The van der Waals surface area contributed by atoms with Gasteiger partial charge in [-0.1, -0.05) is 6.58 Å². The van der Waals surface area contributed by atoms with Gasteiger partial charge >= 0.3 is 23.6 Å². The molecule has 0 unspecified atom stereocenters. The number of nitrogens with zero attached hydrogens (tertiary/aromatic N) is 2. The summed E-state index contributed by atoms with van der Waals surface area (Å²) in [6.45, 7) is 3.44. The highest BCUT2D eigenvalue weighted by Crippen LogP contribution is 2.23. The van der Waals surface area contributed by atoms with Crippen LogP contribution in [-0.4, -0.2) is 61.6 Å². The zero-order chi connectivity index (χ0) is 19.4. The maximum absolute atomic E-state index is 13.8. The number of hydrogen-bond donors (Lipinski definition) is 4. The summed E-state index contributed by atoms with van der Waals surface area (Å²) < 4.78 is 32.0. The largest absolute Gasteiger partial charge is 0.417 e. The van der Waals surface area contributed by atoms with Gasteiger partial charge < -0.3 is 20.1 Å². The third-order valence-electron chi connectivity index (χ3n) is 2.73. The first-order chi connectivity index (χ1) is 11.5. The van der Waals surface area contributed by atoms with Crippen LogP contribution in [0.4, 0.5) is 19.4 Å². The van der Waals surface area contributed by atoms with Crippen LogP contribution in [0, 0.1) is 0 Å². The van der Waals surface area contributed by atoms with Gasteiger partial charge in [-0.25, -0.2) is 14.2 Å². The van der Waals surface area contributed by atoms with Crippen LogP contribution in [0.3, 0.4) is 0 Å². The Balaban J connectivity index is 3.03. The summed E-state index contributed by atoms with van der Waals surface area (Å²) in [5.41, 5.74) is -1.48. The van der Waals surface area contributed by atoms with Gasteiger partial charge in [0.2, 0.25) is 0 Å². The molecule has 138 valence electrons. The number of hydrogen-bond acceptors (Lipinski definition) is 8. The summed E-state index contributed by atoms with van der Waals surface area (Å²) in [6, 6.07) is 0.851. The lowest BCUT2D eigenvalue weighted by atomic mass is 10.1. The van der Waals surface area contributed by atoms with E-state index in [0.29, 0.717) is 6.20 Å². The van der Waals surface area contributed by atoms with Gasteiger partial charge in [-0.05, 0) is 13.0 Å². The summed E-state index contributed by atoms with van der Waals surface area (Å²) >= 11 is 0. The second kappa shape index (κ2) is 7.92. The van der Waals surface area contributed by atoms with Crippen LogP contribution in [0.5, 0.6) is 0 Å². The number of anilines is 1. The second-order valence-corrected chi connectivity index (χ2v) is 4.80. The molecule has 0 bridgehead atoms. The van der Waals surface area contributed by atoms with E-state index in [0.717, 1.165) is 6.07 Å². The predicted octanol–water partition coefficient (Wildman–Crippen LogP) is -0.685. The Labute approximate surface area is 139 Å². The molecule has 1 amide bonds. The molecule has 1 aromatic rings. The van der Waals surface area contributed by atoms with Gasteiger partial charge in [-0.2, -0.15) is 13.8 Å². The molecule has 10 nitrogen and oxygen atoms in total. The van der Waals surface area contributed by atoms with Gasteiger partial charge in [0.1, 0.15) is 11.9 Å². The lowest BCUT2D eigenvalue weighted by Crippen LogP contribution is -2.53. The monoisotopic (exact) mass is 363 g/mol. The van der Waals surface area contributed by atoms with Crippen molar-refractivity contribution in [3.05, 3.63) is 35.1 Å². The smallest absolute Gasteiger partial charge is 0.416 e. The van der Waals surface area contributed by atoms with Crippen LogP contribution in [0.15, 0.2) is 29.4 Å². The third kappa shape index (κ3) is 4.89. The van der Waals surface area contributed by atoms with E-state index in [9.17, 15) is 28.3 Å². The van der Waals surface area contributed by atoms with Gasteiger partial charge in [-0.3, -0.25) is 10.1 Å². The van der Waals surface area contributed by atoms with E-state index in [1.54, 1.807) is 0 Å². The molecule has 1 aromatic heterocycles. The number of aliphatic hydroxyl groups excluding tert-OH is 3. The van der Waals surface area contributed by atoms with E-state index in [-0.39, 0.29) is 16.1 Å². The van der Waals surface area contributed by atoms with Crippen molar-refractivity contribution in [3.63, 3.8) is 0 Å². The number of ether oxygens (including phenoxy) is 1. The number of amides is 1. The molecule has 1 heterocycles. The van der Waals surface area contributed by atoms with Crippen molar-refractivity contribution in [1.29, 1.82) is 0 Å². The Hall–Kier alpha value is -2.70. The summed E-state index contributed by atoms with van der Waals surface area (Å²) in [5.74, 6) is -7.11. The molecule has 12 heteroatoms. The zero-order valence-corrected chi connectivity index (χ0v) is 12.8. The maximum atomic E-state index is 13.8. The van der Waals surface area contributed by atoms with Crippen molar-refractivity contribution in [2.75, 3.05) is 11.9 Å². The fourth-order valence-electron chi connectivity index (χ4n) is 1.54. The molecule has 0 saturated heterocycles. The highest BCUT2D eigenvalue weighted by molar-refractivity contribution is 5.87. The number of nitrogens with one attached hydrogen (secondary N) is 1. The zero-order valence-electron chi connectivity index (χ0n) is 12.8. The van der Waals surface area contributed by atoms with Crippen molar-refractivity contribution < 1.29 is 38.4 Å². The van der Waals surface area contributed by atoms with Gasteiger partial charge in [0.05, 0.1) is 12.4 Å². The Bertz CT molecular complexity index is 735. The molecule has 0 aromatic carbocycles. The van der Waals surface area contributed by atoms with Gasteiger partial charge in [-0.15, -0.1) is 0 Å². The van der Waals surface area contributed by atoms with Crippen molar-refractivity contribution in [2.45, 2.75) is 25.1 Å². The lowest BCUT2D eigenvalue weighted by Gasteiger charge is -2.24. The number of rotatable bonds is 6. The highest BCUT2D eigenvalue weighted by Gasteiger charge is 2.50. The molecule has 0 aliphatic rings. The molecule has 0 saturated carbocycles. The third-order valence-corrected chi connectivity index (χ3v) is 2.73. The first kappa shape index (κ1) is 20.3. The Morgan fingerprint density at radius 2 is 2.08 bits per heavy atom. The number of carbonyl (C=O) groups is 2. The van der Waals surface area contributed by atoms with Crippen LogP contribution >= 0.6 is 0 Å². The molecule has 25 heavy (non-hydrogen) atoms.